The lowest BCUT2D eigenvalue weighted by molar-refractivity contribution is -0.138. The molecule has 0 aliphatic carbocycles. The van der Waals surface area contributed by atoms with E-state index in [9.17, 15) is 29.7 Å². The van der Waals surface area contributed by atoms with Gasteiger partial charge >= 0.3 is 17.9 Å². The molecular formula is C57H110O12. The molecular weight excluding hydrogens is 877 g/mol. The maximum Gasteiger partial charge on any atom is 0.303 e. The largest absolute Gasteiger partial charge is 0.481 e. The van der Waals surface area contributed by atoms with Crippen LogP contribution in [0, 0.1) is 0 Å². The van der Waals surface area contributed by atoms with E-state index in [4.69, 9.17) is 30.6 Å². The monoisotopic (exact) mass is 987 g/mol. The Bertz CT molecular complexity index is 995. The lowest BCUT2D eigenvalue weighted by atomic mass is 10.1. The van der Waals surface area contributed by atoms with Crippen molar-refractivity contribution < 1.29 is 60.3 Å². The number of rotatable bonds is 47. The van der Waals surface area contributed by atoms with E-state index in [0.717, 1.165) is 154 Å². The van der Waals surface area contributed by atoms with Crippen LogP contribution in [0.4, 0.5) is 0 Å². The van der Waals surface area contributed by atoms with Gasteiger partial charge in [-0.1, -0.05) is 192 Å². The third kappa shape index (κ3) is 77.1. The van der Waals surface area contributed by atoms with E-state index in [1.165, 1.54) is 77.0 Å². The Balaban J connectivity index is -0.000000432. The van der Waals surface area contributed by atoms with Gasteiger partial charge in [-0.2, -0.15) is 0 Å². The molecule has 0 spiro atoms. The Morgan fingerprint density at radius 1 is 0.319 bits per heavy atom. The molecule has 0 heterocycles. The Labute approximate surface area is 422 Å². The zero-order valence-electron chi connectivity index (χ0n) is 44.5. The second-order valence-corrected chi connectivity index (χ2v) is 18.8. The predicted octanol–water partition coefficient (Wildman–Crippen LogP) is 13.6. The van der Waals surface area contributed by atoms with Crippen LogP contribution in [0.25, 0.3) is 0 Å². The number of unbranched alkanes of at least 4 members (excludes halogenated alkanes) is 24. The zero-order chi connectivity index (χ0) is 52.3. The Morgan fingerprint density at radius 3 is 0.768 bits per heavy atom. The number of carboxylic acids is 3. The molecule has 3 atom stereocenters. The van der Waals surface area contributed by atoms with Crippen LogP contribution in [0.1, 0.15) is 271 Å². The standard InChI is InChI=1S/3C18H34O3.C3H8O3/c3*1-2-3-4-11-14-17(19)15-12-9-7-5-6-8-10-13-16-18(20)21;4-1-3(6)2-5/h3*9,12,17,19H,2-8,10-11,13-16H2,1H3,(H,20,21);3-6H,1-2H2/b3*12-9-;/t3*17-;/m111./s1. The molecule has 0 rings (SSSR count). The fraction of sp³-hybridized carbons (Fsp3) is 0.842. The molecule has 410 valence electrons. The summed E-state index contributed by atoms with van der Waals surface area (Å²) in [4.78, 5) is 31.0. The van der Waals surface area contributed by atoms with E-state index in [0.29, 0.717) is 19.3 Å². The second kappa shape index (κ2) is 63.4. The molecule has 0 aliphatic rings. The van der Waals surface area contributed by atoms with E-state index in [1.54, 1.807) is 0 Å². The molecule has 0 aliphatic heterocycles. The minimum atomic E-state index is -0.954. The zero-order valence-corrected chi connectivity index (χ0v) is 44.5. The molecule has 12 nitrogen and oxygen atoms in total. The molecule has 0 saturated heterocycles. The van der Waals surface area contributed by atoms with Crippen LogP contribution in [-0.4, -0.2) is 101 Å². The lowest BCUT2D eigenvalue weighted by Crippen LogP contribution is -2.15. The SMILES string of the molecule is CCCCCC[C@@H](O)C/C=C\CCCCCCCC(=O)O.CCCCCC[C@@H](O)C/C=C\CCCCCCCC(=O)O.CCCCCC[C@@H](O)C/C=C\CCCCCCCC(=O)O.OCC(O)CO. The summed E-state index contributed by atoms with van der Waals surface area (Å²) in [5.74, 6) is -2.07. The van der Waals surface area contributed by atoms with Crippen LogP contribution >= 0.6 is 0 Å². The van der Waals surface area contributed by atoms with Gasteiger partial charge in [0.25, 0.3) is 0 Å². The van der Waals surface area contributed by atoms with Crippen LogP contribution in [0.15, 0.2) is 36.5 Å². The third-order valence-electron chi connectivity index (χ3n) is 11.6. The highest BCUT2D eigenvalue weighted by Gasteiger charge is 2.04. The maximum atomic E-state index is 10.3. The summed E-state index contributed by atoms with van der Waals surface area (Å²) >= 11 is 0. The number of aliphatic hydroxyl groups is 6. The van der Waals surface area contributed by atoms with Crippen molar-refractivity contribution in [2.45, 2.75) is 296 Å². The lowest BCUT2D eigenvalue weighted by Gasteiger charge is -2.07. The van der Waals surface area contributed by atoms with Crippen molar-refractivity contribution in [3.05, 3.63) is 36.5 Å². The number of aliphatic carboxylic acids is 3. The summed E-state index contributed by atoms with van der Waals surface area (Å²) in [5, 5.41) is 78.9. The van der Waals surface area contributed by atoms with E-state index in [1.807, 2.05) is 0 Å². The molecule has 0 saturated carbocycles. The number of allylic oxidation sites excluding steroid dienone is 3. The second-order valence-electron chi connectivity index (χ2n) is 18.8. The van der Waals surface area contributed by atoms with Gasteiger partial charge in [0.05, 0.1) is 31.5 Å². The Hall–Kier alpha value is -2.61. The normalized spacial score (nSPS) is 12.6. The summed E-state index contributed by atoms with van der Waals surface area (Å²) < 4.78 is 0. The van der Waals surface area contributed by atoms with Gasteiger partial charge in [0, 0.05) is 19.3 Å². The fourth-order valence-corrected chi connectivity index (χ4v) is 7.15. The van der Waals surface area contributed by atoms with Gasteiger partial charge in [-0.05, 0) is 96.3 Å². The highest BCUT2D eigenvalue weighted by atomic mass is 16.4. The van der Waals surface area contributed by atoms with Crippen LogP contribution in [0.2, 0.25) is 0 Å². The van der Waals surface area contributed by atoms with Crippen molar-refractivity contribution in [3.63, 3.8) is 0 Å². The van der Waals surface area contributed by atoms with E-state index >= 15 is 0 Å². The van der Waals surface area contributed by atoms with Crippen molar-refractivity contribution in [2.75, 3.05) is 13.2 Å². The highest BCUT2D eigenvalue weighted by Crippen LogP contribution is 2.14. The molecule has 0 aromatic heterocycles. The average Bonchev–Trinajstić information content (AvgIpc) is 3.32. The molecule has 0 unspecified atom stereocenters. The summed E-state index contributed by atoms with van der Waals surface area (Å²) in [5.41, 5.74) is 0. The highest BCUT2D eigenvalue weighted by molar-refractivity contribution is 5.67. The van der Waals surface area contributed by atoms with Crippen molar-refractivity contribution >= 4 is 17.9 Å². The molecule has 0 bridgehead atoms. The van der Waals surface area contributed by atoms with Gasteiger partial charge < -0.3 is 46.0 Å². The van der Waals surface area contributed by atoms with E-state index in [-0.39, 0.29) is 31.5 Å². The molecule has 69 heavy (non-hydrogen) atoms. The molecule has 0 amide bonds. The summed E-state index contributed by atoms with van der Waals surface area (Å²) in [6.07, 6.45) is 51.1. The van der Waals surface area contributed by atoms with Crippen LogP contribution < -0.4 is 0 Å². The number of hydrogen-bond acceptors (Lipinski definition) is 9. The third-order valence-corrected chi connectivity index (χ3v) is 11.6. The molecule has 0 aromatic rings. The van der Waals surface area contributed by atoms with Crippen molar-refractivity contribution in [1.29, 1.82) is 0 Å². The maximum absolute atomic E-state index is 10.3. The molecule has 9 N–H and O–H groups in total. The number of hydrogen-bond donors (Lipinski definition) is 9. The summed E-state index contributed by atoms with van der Waals surface area (Å²) in [6.45, 7) is 5.87. The Kier molecular flexibility index (Phi) is 67.0. The molecule has 0 radical (unpaired) electrons. The minimum absolute atomic E-state index is 0.172. The van der Waals surface area contributed by atoms with E-state index in [2.05, 4.69) is 57.2 Å². The van der Waals surface area contributed by atoms with Gasteiger partial charge in [0.1, 0.15) is 6.10 Å². The quantitative estimate of drug-likeness (QED) is 0.0205. The van der Waals surface area contributed by atoms with Gasteiger partial charge in [0.2, 0.25) is 0 Å². The minimum Gasteiger partial charge on any atom is -0.481 e. The molecule has 0 aromatic carbocycles. The van der Waals surface area contributed by atoms with Crippen molar-refractivity contribution in [3.8, 4) is 0 Å². The first kappa shape index (κ1) is 72.9. The first-order chi connectivity index (χ1) is 33.3. The number of carboxylic acid groups (broad SMARTS) is 3. The number of aliphatic hydroxyl groups excluding tert-OH is 6. The van der Waals surface area contributed by atoms with E-state index < -0.39 is 24.0 Å². The topological polar surface area (TPSA) is 233 Å². The van der Waals surface area contributed by atoms with Crippen molar-refractivity contribution in [1.82, 2.24) is 0 Å². The summed E-state index contributed by atoms with van der Waals surface area (Å²) in [6, 6.07) is 0. The summed E-state index contributed by atoms with van der Waals surface area (Å²) in [7, 11) is 0. The van der Waals surface area contributed by atoms with Crippen LogP contribution in [-0.2, 0) is 14.4 Å². The van der Waals surface area contributed by atoms with Gasteiger partial charge in [0.15, 0.2) is 0 Å². The average molecular weight is 987 g/mol. The molecule has 0 fully saturated rings. The van der Waals surface area contributed by atoms with Gasteiger partial charge in [-0.25, -0.2) is 0 Å². The van der Waals surface area contributed by atoms with Gasteiger partial charge in [-0.15, -0.1) is 0 Å². The first-order valence-electron chi connectivity index (χ1n) is 27.8. The Morgan fingerprint density at radius 2 is 0.551 bits per heavy atom. The van der Waals surface area contributed by atoms with Crippen LogP contribution in [0.3, 0.4) is 0 Å². The smallest absolute Gasteiger partial charge is 0.303 e. The van der Waals surface area contributed by atoms with Crippen molar-refractivity contribution in [2.24, 2.45) is 0 Å². The fourth-order valence-electron chi connectivity index (χ4n) is 7.15. The van der Waals surface area contributed by atoms with Crippen LogP contribution in [0.5, 0.6) is 0 Å². The molecule has 12 heteroatoms. The first-order valence-corrected chi connectivity index (χ1v) is 27.8. The number of carbonyl (C=O) groups is 3. The van der Waals surface area contributed by atoms with Gasteiger partial charge in [-0.3, -0.25) is 14.4 Å². The predicted molar refractivity (Wildman–Crippen MR) is 286 cm³/mol.